The van der Waals surface area contributed by atoms with Crippen molar-refractivity contribution in [1.82, 2.24) is 9.78 Å². The average molecular weight is 229 g/mol. The normalized spacial score (nSPS) is 12.7. The zero-order valence-electron chi connectivity index (χ0n) is 10.6. The molecular weight excluding hydrogens is 210 g/mol. The summed E-state index contributed by atoms with van der Waals surface area (Å²) in [6, 6.07) is 8.44. The van der Waals surface area contributed by atoms with Crippen molar-refractivity contribution in [2.24, 2.45) is 5.73 Å². The first kappa shape index (κ1) is 11.9. The molecule has 90 valence electrons. The van der Waals surface area contributed by atoms with E-state index in [-0.39, 0.29) is 6.04 Å². The zero-order chi connectivity index (χ0) is 12.4. The van der Waals surface area contributed by atoms with Gasteiger partial charge >= 0.3 is 0 Å². The average Bonchev–Trinajstić information content (AvgIpc) is 2.71. The van der Waals surface area contributed by atoms with E-state index in [1.165, 1.54) is 11.1 Å². The van der Waals surface area contributed by atoms with Crippen LogP contribution in [0.3, 0.4) is 0 Å². The van der Waals surface area contributed by atoms with E-state index in [1.807, 2.05) is 18.5 Å². The highest BCUT2D eigenvalue weighted by atomic mass is 15.3. The minimum Gasteiger partial charge on any atom is -0.324 e. The number of hydrogen-bond donors (Lipinski definition) is 1. The van der Waals surface area contributed by atoms with Crippen molar-refractivity contribution in [1.29, 1.82) is 0 Å². The van der Waals surface area contributed by atoms with Crippen LogP contribution in [0.25, 0.3) is 11.1 Å². The van der Waals surface area contributed by atoms with Crippen LogP contribution in [0.4, 0.5) is 0 Å². The van der Waals surface area contributed by atoms with Crippen molar-refractivity contribution in [3.8, 4) is 11.1 Å². The summed E-state index contributed by atoms with van der Waals surface area (Å²) in [7, 11) is 0. The van der Waals surface area contributed by atoms with Gasteiger partial charge in [0.05, 0.1) is 5.69 Å². The Morgan fingerprint density at radius 2 is 2.18 bits per heavy atom. The quantitative estimate of drug-likeness (QED) is 0.879. The SMILES string of the molecule is CCn1cc(-c2cccc(C(C)N)c2)c(C)n1. The first-order valence-electron chi connectivity index (χ1n) is 6.01. The third-order valence-corrected chi connectivity index (χ3v) is 2.99. The molecule has 0 amide bonds. The molecule has 0 aliphatic heterocycles. The third-order valence-electron chi connectivity index (χ3n) is 2.99. The summed E-state index contributed by atoms with van der Waals surface area (Å²) in [5.41, 5.74) is 10.5. The maximum Gasteiger partial charge on any atom is 0.0672 e. The van der Waals surface area contributed by atoms with Gasteiger partial charge in [0.25, 0.3) is 0 Å². The molecule has 1 aromatic carbocycles. The minimum atomic E-state index is 0.0662. The van der Waals surface area contributed by atoms with E-state index in [0.717, 1.165) is 17.8 Å². The topological polar surface area (TPSA) is 43.8 Å². The highest BCUT2D eigenvalue weighted by Crippen LogP contribution is 2.24. The number of rotatable bonds is 3. The maximum atomic E-state index is 5.91. The molecular formula is C14H19N3. The Kier molecular flexibility index (Phi) is 3.29. The Balaban J connectivity index is 2.45. The van der Waals surface area contributed by atoms with Gasteiger partial charge in [-0.05, 0) is 38.0 Å². The first-order valence-corrected chi connectivity index (χ1v) is 6.01. The van der Waals surface area contributed by atoms with E-state index < -0.39 is 0 Å². The van der Waals surface area contributed by atoms with Crippen LogP contribution in [0.15, 0.2) is 30.5 Å². The van der Waals surface area contributed by atoms with Gasteiger partial charge in [0, 0.05) is 24.3 Å². The summed E-state index contributed by atoms with van der Waals surface area (Å²) in [4.78, 5) is 0. The molecule has 1 atom stereocenters. The van der Waals surface area contributed by atoms with Gasteiger partial charge in [0.2, 0.25) is 0 Å². The van der Waals surface area contributed by atoms with Crippen molar-refractivity contribution in [2.45, 2.75) is 33.4 Å². The van der Waals surface area contributed by atoms with Gasteiger partial charge in [0.1, 0.15) is 0 Å². The molecule has 0 spiro atoms. The number of nitrogens with two attached hydrogens (primary N) is 1. The van der Waals surface area contributed by atoms with E-state index in [2.05, 4.69) is 42.5 Å². The maximum absolute atomic E-state index is 5.91. The van der Waals surface area contributed by atoms with E-state index in [4.69, 9.17) is 5.73 Å². The molecule has 0 saturated carbocycles. The molecule has 1 heterocycles. The van der Waals surface area contributed by atoms with E-state index in [1.54, 1.807) is 0 Å². The van der Waals surface area contributed by atoms with Crippen molar-refractivity contribution < 1.29 is 0 Å². The molecule has 1 aromatic heterocycles. The second-order valence-electron chi connectivity index (χ2n) is 4.40. The fourth-order valence-electron chi connectivity index (χ4n) is 1.95. The molecule has 2 rings (SSSR count). The Bertz CT molecular complexity index is 512. The Hall–Kier alpha value is -1.61. The Morgan fingerprint density at radius 3 is 2.76 bits per heavy atom. The molecule has 3 nitrogen and oxygen atoms in total. The molecule has 0 saturated heterocycles. The van der Waals surface area contributed by atoms with Crippen LogP contribution in [-0.4, -0.2) is 9.78 Å². The molecule has 17 heavy (non-hydrogen) atoms. The van der Waals surface area contributed by atoms with Crippen LogP contribution in [0, 0.1) is 6.92 Å². The lowest BCUT2D eigenvalue weighted by Gasteiger charge is -2.07. The minimum absolute atomic E-state index is 0.0662. The number of nitrogens with zero attached hydrogens (tertiary/aromatic N) is 2. The molecule has 0 radical (unpaired) electrons. The van der Waals surface area contributed by atoms with E-state index in [9.17, 15) is 0 Å². The summed E-state index contributed by atoms with van der Waals surface area (Å²) in [6.07, 6.45) is 2.09. The standard InChI is InChI=1S/C14H19N3/c1-4-17-9-14(11(3)16-17)13-7-5-6-12(8-13)10(2)15/h5-10H,4,15H2,1-3H3. The fraction of sp³-hybridized carbons (Fsp3) is 0.357. The number of aryl methyl sites for hydroxylation is 2. The molecule has 0 aliphatic carbocycles. The van der Waals surface area contributed by atoms with Crippen LogP contribution in [0.1, 0.15) is 31.1 Å². The molecule has 2 aromatic rings. The summed E-state index contributed by atoms with van der Waals surface area (Å²) in [5.74, 6) is 0. The molecule has 0 bridgehead atoms. The fourth-order valence-corrected chi connectivity index (χ4v) is 1.95. The van der Waals surface area contributed by atoms with Gasteiger partial charge in [-0.1, -0.05) is 18.2 Å². The van der Waals surface area contributed by atoms with Gasteiger partial charge in [-0.3, -0.25) is 4.68 Å². The van der Waals surface area contributed by atoms with Gasteiger partial charge in [-0.2, -0.15) is 5.10 Å². The van der Waals surface area contributed by atoms with E-state index >= 15 is 0 Å². The van der Waals surface area contributed by atoms with E-state index in [0.29, 0.717) is 0 Å². The second kappa shape index (κ2) is 4.72. The summed E-state index contributed by atoms with van der Waals surface area (Å²) < 4.78 is 1.96. The molecule has 0 aliphatic rings. The van der Waals surface area contributed by atoms with Crippen molar-refractivity contribution in [3.05, 3.63) is 41.7 Å². The molecule has 1 unspecified atom stereocenters. The highest BCUT2D eigenvalue weighted by molar-refractivity contribution is 5.65. The Labute approximate surface area is 102 Å². The summed E-state index contributed by atoms with van der Waals surface area (Å²) >= 11 is 0. The third kappa shape index (κ3) is 2.39. The lowest BCUT2D eigenvalue weighted by atomic mass is 10.0. The molecule has 0 fully saturated rings. The van der Waals surface area contributed by atoms with Gasteiger partial charge in [-0.25, -0.2) is 0 Å². The number of aromatic nitrogens is 2. The first-order chi connectivity index (χ1) is 8.11. The predicted molar refractivity (Wildman–Crippen MR) is 70.7 cm³/mol. The zero-order valence-corrected chi connectivity index (χ0v) is 10.6. The van der Waals surface area contributed by atoms with Crippen LogP contribution < -0.4 is 5.73 Å². The summed E-state index contributed by atoms with van der Waals surface area (Å²) in [6.45, 7) is 7.03. The lowest BCUT2D eigenvalue weighted by Crippen LogP contribution is -2.04. The van der Waals surface area contributed by atoms with Crippen LogP contribution >= 0.6 is 0 Å². The predicted octanol–water partition coefficient (Wildman–Crippen LogP) is 2.90. The number of hydrogen-bond acceptors (Lipinski definition) is 2. The monoisotopic (exact) mass is 229 g/mol. The van der Waals surface area contributed by atoms with Gasteiger partial charge in [-0.15, -0.1) is 0 Å². The van der Waals surface area contributed by atoms with Crippen molar-refractivity contribution in [2.75, 3.05) is 0 Å². The Morgan fingerprint density at radius 1 is 1.41 bits per heavy atom. The van der Waals surface area contributed by atoms with Gasteiger partial charge < -0.3 is 5.73 Å². The smallest absolute Gasteiger partial charge is 0.0672 e. The van der Waals surface area contributed by atoms with Crippen LogP contribution in [0.5, 0.6) is 0 Å². The molecule has 2 N–H and O–H groups in total. The van der Waals surface area contributed by atoms with Crippen molar-refractivity contribution >= 4 is 0 Å². The molecule has 3 heteroatoms. The number of benzene rings is 1. The largest absolute Gasteiger partial charge is 0.324 e. The van der Waals surface area contributed by atoms with Crippen molar-refractivity contribution in [3.63, 3.8) is 0 Å². The van der Waals surface area contributed by atoms with Crippen LogP contribution in [0.2, 0.25) is 0 Å². The van der Waals surface area contributed by atoms with Crippen LogP contribution in [-0.2, 0) is 6.54 Å². The van der Waals surface area contributed by atoms with Gasteiger partial charge in [0.15, 0.2) is 0 Å². The summed E-state index contributed by atoms with van der Waals surface area (Å²) in [5, 5.41) is 4.47. The lowest BCUT2D eigenvalue weighted by molar-refractivity contribution is 0.653. The second-order valence-corrected chi connectivity index (χ2v) is 4.40. The highest BCUT2D eigenvalue weighted by Gasteiger charge is 2.08.